The number of likely N-dealkylation sites (N-methyl/N-ethyl adjacent to an activating group) is 1. The molecule has 1 unspecified atom stereocenters. The first-order valence-corrected chi connectivity index (χ1v) is 6.43. The molecule has 0 fully saturated rings. The Labute approximate surface area is 112 Å². The minimum atomic E-state index is -0.977. The summed E-state index contributed by atoms with van der Waals surface area (Å²) in [6.45, 7) is 3.86. The van der Waals surface area contributed by atoms with Gasteiger partial charge in [0.05, 0.1) is 11.8 Å². The normalized spacial score (nSPS) is 23.5. The molecule has 6 nitrogen and oxygen atoms in total. The summed E-state index contributed by atoms with van der Waals surface area (Å²) in [7, 11) is 0. The van der Waals surface area contributed by atoms with Crippen LogP contribution in [-0.4, -0.2) is 35.5 Å². The number of carboxylic acids is 1. The van der Waals surface area contributed by atoms with E-state index in [0.29, 0.717) is 19.4 Å². The summed E-state index contributed by atoms with van der Waals surface area (Å²) in [6, 6.07) is -0.659. The fraction of sp³-hybridized carbons (Fsp3) is 0.615. The van der Waals surface area contributed by atoms with Crippen LogP contribution in [-0.2, 0) is 14.4 Å². The summed E-state index contributed by atoms with van der Waals surface area (Å²) in [4.78, 5) is 34.7. The van der Waals surface area contributed by atoms with Crippen molar-refractivity contribution in [1.29, 1.82) is 0 Å². The van der Waals surface area contributed by atoms with E-state index in [2.05, 4.69) is 10.6 Å². The molecule has 0 aromatic heterocycles. The van der Waals surface area contributed by atoms with Gasteiger partial charge in [0.2, 0.25) is 11.8 Å². The Kier molecular flexibility index (Phi) is 5.54. The van der Waals surface area contributed by atoms with Gasteiger partial charge in [-0.25, -0.2) is 0 Å². The molecular formula is C13H20N2O4. The summed E-state index contributed by atoms with van der Waals surface area (Å²) in [5.74, 6) is -2.95. The summed E-state index contributed by atoms with van der Waals surface area (Å²) < 4.78 is 0. The molecule has 2 amide bonds. The van der Waals surface area contributed by atoms with Gasteiger partial charge in [0.15, 0.2) is 0 Å². The monoisotopic (exact) mass is 268 g/mol. The van der Waals surface area contributed by atoms with Gasteiger partial charge in [-0.15, -0.1) is 0 Å². The van der Waals surface area contributed by atoms with Crippen LogP contribution in [0.2, 0.25) is 0 Å². The number of amides is 2. The second-order valence-corrected chi connectivity index (χ2v) is 4.62. The van der Waals surface area contributed by atoms with E-state index in [1.165, 1.54) is 0 Å². The highest BCUT2D eigenvalue weighted by Crippen LogP contribution is 2.26. The van der Waals surface area contributed by atoms with E-state index in [1.54, 1.807) is 26.0 Å². The van der Waals surface area contributed by atoms with E-state index in [9.17, 15) is 14.4 Å². The number of carbonyl (C=O) groups is 3. The molecule has 19 heavy (non-hydrogen) atoms. The average molecular weight is 268 g/mol. The van der Waals surface area contributed by atoms with Crippen molar-refractivity contribution in [3.63, 3.8) is 0 Å². The number of aliphatic carboxylic acids is 1. The van der Waals surface area contributed by atoms with Crippen LogP contribution in [0.5, 0.6) is 0 Å². The minimum absolute atomic E-state index is 0.269. The number of carbonyl (C=O) groups excluding carboxylic acids is 2. The minimum Gasteiger partial charge on any atom is -0.481 e. The third kappa shape index (κ3) is 4.08. The Bertz CT molecular complexity index is 392. The van der Waals surface area contributed by atoms with Gasteiger partial charge < -0.3 is 15.7 Å². The van der Waals surface area contributed by atoms with Crippen LogP contribution in [0, 0.1) is 11.8 Å². The molecule has 1 rings (SSSR count). The van der Waals surface area contributed by atoms with E-state index in [0.717, 1.165) is 0 Å². The maximum atomic E-state index is 12.0. The van der Waals surface area contributed by atoms with Crippen molar-refractivity contribution in [2.45, 2.75) is 32.7 Å². The summed E-state index contributed by atoms with van der Waals surface area (Å²) in [6.07, 6.45) is 4.32. The number of rotatable bonds is 5. The number of carboxylic acid groups (broad SMARTS) is 1. The first-order chi connectivity index (χ1) is 8.97. The third-order valence-corrected chi connectivity index (χ3v) is 3.19. The maximum absolute atomic E-state index is 12.0. The predicted molar refractivity (Wildman–Crippen MR) is 69.3 cm³/mol. The highest BCUT2D eigenvalue weighted by atomic mass is 16.4. The van der Waals surface area contributed by atoms with Crippen LogP contribution in [0.3, 0.4) is 0 Å². The van der Waals surface area contributed by atoms with E-state index in [4.69, 9.17) is 5.11 Å². The predicted octanol–water partition coefficient (Wildman–Crippen LogP) is 0.294. The smallest absolute Gasteiger partial charge is 0.307 e. The molecule has 6 heteroatoms. The van der Waals surface area contributed by atoms with E-state index >= 15 is 0 Å². The van der Waals surface area contributed by atoms with Gasteiger partial charge in [-0.3, -0.25) is 14.4 Å². The number of hydrogen-bond donors (Lipinski definition) is 3. The molecule has 3 N–H and O–H groups in total. The lowest BCUT2D eigenvalue weighted by molar-refractivity contribution is -0.147. The molecular weight excluding hydrogens is 248 g/mol. The van der Waals surface area contributed by atoms with Crippen molar-refractivity contribution in [3.8, 4) is 0 Å². The molecule has 1 aliphatic carbocycles. The molecule has 0 bridgehead atoms. The van der Waals surface area contributed by atoms with Gasteiger partial charge >= 0.3 is 5.97 Å². The highest BCUT2D eigenvalue weighted by Gasteiger charge is 2.34. The number of allylic oxidation sites excluding steroid dienone is 2. The SMILES string of the molecule is CCNC(=O)C(C)NC(=O)[C@@H]1CC=CC[C@@H]1C(=O)O. The topological polar surface area (TPSA) is 95.5 Å². The quantitative estimate of drug-likeness (QED) is 0.625. The van der Waals surface area contributed by atoms with Crippen LogP contribution in [0.4, 0.5) is 0 Å². The second kappa shape index (κ2) is 6.92. The first-order valence-electron chi connectivity index (χ1n) is 6.43. The van der Waals surface area contributed by atoms with Gasteiger partial charge in [0.25, 0.3) is 0 Å². The van der Waals surface area contributed by atoms with Crippen molar-refractivity contribution >= 4 is 17.8 Å². The van der Waals surface area contributed by atoms with Crippen LogP contribution >= 0.6 is 0 Å². The Morgan fingerprint density at radius 3 is 2.37 bits per heavy atom. The lowest BCUT2D eigenvalue weighted by Crippen LogP contribution is -2.48. The van der Waals surface area contributed by atoms with Crippen LogP contribution in [0.15, 0.2) is 12.2 Å². The fourth-order valence-corrected chi connectivity index (χ4v) is 2.09. The highest BCUT2D eigenvalue weighted by molar-refractivity contribution is 5.90. The third-order valence-electron chi connectivity index (χ3n) is 3.19. The van der Waals surface area contributed by atoms with Crippen molar-refractivity contribution in [1.82, 2.24) is 10.6 Å². The standard InChI is InChI=1S/C13H20N2O4/c1-3-14-11(16)8(2)15-12(17)9-6-4-5-7-10(9)13(18)19/h4-5,8-10H,3,6-7H2,1-2H3,(H,14,16)(H,15,17)(H,18,19)/t8?,9-,10+/m1/s1. The summed E-state index contributed by atoms with van der Waals surface area (Å²) >= 11 is 0. The van der Waals surface area contributed by atoms with Crippen LogP contribution in [0.25, 0.3) is 0 Å². The molecule has 1 aliphatic rings. The van der Waals surface area contributed by atoms with Gasteiger partial charge in [0.1, 0.15) is 6.04 Å². The second-order valence-electron chi connectivity index (χ2n) is 4.62. The molecule has 0 saturated carbocycles. The van der Waals surface area contributed by atoms with Crippen molar-refractivity contribution in [2.24, 2.45) is 11.8 Å². The van der Waals surface area contributed by atoms with Gasteiger partial charge in [-0.2, -0.15) is 0 Å². The molecule has 3 atom stereocenters. The van der Waals surface area contributed by atoms with E-state index in [1.807, 2.05) is 0 Å². The molecule has 0 radical (unpaired) electrons. The molecule has 0 aromatic rings. The number of nitrogens with one attached hydrogen (secondary N) is 2. The fourth-order valence-electron chi connectivity index (χ4n) is 2.09. The Morgan fingerprint density at radius 1 is 1.26 bits per heavy atom. The first kappa shape index (κ1) is 15.2. The zero-order chi connectivity index (χ0) is 14.4. The Morgan fingerprint density at radius 2 is 1.84 bits per heavy atom. The van der Waals surface area contributed by atoms with Crippen LogP contribution < -0.4 is 10.6 Å². The van der Waals surface area contributed by atoms with Gasteiger partial charge in [-0.05, 0) is 26.7 Å². The van der Waals surface area contributed by atoms with Crippen LogP contribution in [0.1, 0.15) is 26.7 Å². The molecule has 0 aliphatic heterocycles. The molecule has 0 saturated heterocycles. The Balaban J connectivity index is 2.63. The van der Waals surface area contributed by atoms with E-state index in [-0.39, 0.29) is 11.8 Å². The van der Waals surface area contributed by atoms with Crippen molar-refractivity contribution < 1.29 is 19.5 Å². The average Bonchev–Trinajstić information content (AvgIpc) is 2.38. The van der Waals surface area contributed by atoms with Gasteiger partial charge in [0, 0.05) is 6.54 Å². The van der Waals surface area contributed by atoms with Crippen molar-refractivity contribution in [3.05, 3.63) is 12.2 Å². The van der Waals surface area contributed by atoms with E-state index < -0.39 is 23.8 Å². The Hall–Kier alpha value is -1.85. The van der Waals surface area contributed by atoms with Crippen molar-refractivity contribution in [2.75, 3.05) is 6.54 Å². The molecule has 0 spiro atoms. The molecule has 0 aromatic carbocycles. The maximum Gasteiger partial charge on any atom is 0.307 e. The largest absolute Gasteiger partial charge is 0.481 e. The summed E-state index contributed by atoms with van der Waals surface area (Å²) in [5.41, 5.74) is 0. The lowest BCUT2D eigenvalue weighted by Gasteiger charge is -2.25. The zero-order valence-electron chi connectivity index (χ0n) is 11.2. The molecule has 0 heterocycles. The summed E-state index contributed by atoms with van der Waals surface area (Å²) in [5, 5.41) is 14.3. The molecule has 106 valence electrons. The number of hydrogen-bond acceptors (Lipinski definition) is 3. The zero-order valence-corrected chi connectivity index (χ0v) is 11.2. The lowest BCUT2D eigenvalue weighted by atomic mass is 9.82. The van der Waals surface area contributed by atoms with Gasteiger partial charge in [-0.1, -0.05) is 12.2 Å².